The van der Waals surface area contributed by atoms with Gasteiger partial charge in [-0.05, 0) is 31.9 Å². The minimum Gasteiger partial charge on any atom is -0.270 e. The lowest BCUT2D eigenvalue weighted by atomic mass is 10.1. The molecule has 4 rings (SSSR count). The smallest absolute Gasteiger partial charge is 0.270 e. The molecule has 7 nitrogen and oxygen atoms in total. The molecule has 1 aliphatic carbocycles. The summed E-state index contributed by atoms with van der Waals surface area (Å²) in [6, 6.07) is 3.72. The van der Waals surface area contributed by atoms with Crippen LogP contribution in [-0.4, -0.2) is 31.4 Å². The minimum absolute atomic E-state index is 0.340. The average Bonchev–Trinajstić information content (AvgIpc) is 3.25. The number of anilines is 1. The number of fused-ring (bicyclic) bond motifs is 1. The Bertz CT molecular complexity index is 832. The Morgan fingerprint density at radius 1 is 1.26 bits per heavy atom. The SMILES string of the molecule is CC1=CC(=O)N(Nc2nc(C3CCCC3)nn3cccc23)C1=O. The predicted molar refractivity (Wildman–Crippen MR) is 83.4 cm³/mol. The summed E-state index contributed by atoms with van der Waals surface area (Å²) in [5.74, 6) is 0.861. The van der Waals surface area contributed by atoms with Crippen molar-refractivity contribution in [3.05, 3.63) is 35.8 Å². The average molecular weight is 311 g/mol. The maximum atomic E-state index is 12.1. The van der Waals surface area contributed by atoms with Gasteiger partial charge in [-0.15, -0.1) is 0 Å². The maximum Gasteiger partial charge on any atom is 0.275 e. The van der Waals surface area contributed by atoms with Crippen LogP contribution in [-0.2, 0) is 9.59 Å². The topological polar surface area (TPSA) is 79.6 Å². The Balaban J connectivity index is 1.72. The van der Waals surface area contributed by atoms with E-state index in [0.29, 0.717) is 17.3 Å². The van der Waals surface area contributed by atoms with Crippen molar-refractivity contribution in [1.82, 2.24) is 19.6 Å². The van der Waals surface area contributed by atoms with Crippen LogP contribution in [0.1, 0.15) is 44.3 Å². The molecule has 118 valence electrons. The van der Waals surface area contributed by atoms with E-state index in [2.05, 4.69) is 15.5 Å². The van der Waals surface area contributed by atoms with E-state index in [1.165, 1.54) is 18.9 Å². The second-order valence-electron chi connectivity index (χ2n) is 6.06. The molecule has 2 aromatic heterocycles. The first-order valence-electron chi connectivity index (χ1n) is 7.82. The summed E-state index contributed by atoms with van der Waals surface area (Å²) in [5, 5.41) is 5.57. The number of nitrogens with one attached hydrogen (secondary N) is 1. The molecule has 1 N–H and O–H groups in total. The van der Waals surface area contributed by atoms with Crippen molar-refractivity contribution >= 4 is 23.1 Å². The molecule has 2 amide bonds. The fraction of sp³-hybridized carbons (Fsp3) is 0.375. The van der Waals surface area contributed by atoms with E-state index in [4.69, 9.17) is 0 Å². The van der Waals surface area contributed by atoms with E-state index >= 15 is 0 Å². The third kappa shape index (κ3) is 2.28. The molecule has 2 aromatic rings. The molecule has 0 spiro atoms. The Hall–Kier alpha value is -2.70. The van der Waals surface area contributed by atoms with Crippen molar-refractivity contribution in [2.24, 2.45) is 0 Å². The number of hydrazine groups is 1. The van der Waals surface area contributed by atoms with Crippen molar-refractivity contribution < 1.29 is 9.59 Å². The molecule has 0 unspecified atom stereocenters. The van der Waals surface area contributed by atoms with E-state index in [9.17, 15) is 9.59 Å². The molecular weight excluding hydrogens is 294 g/mol. The third-order valence-corrected chi connectivity index (χ3v) is 4.45. The molecule has 23 heavy (non-hydrogen) atoms. The quantitative estimate of drug-likeness (QED) is 0.877. The zero-order valence-corrected chi connectivity index (χ0v) is 12.8. The van der Waals surface area contributed by atoms with Gasteiger partial charge in [0.05, 0.1) is 0 Å². The van der Waals surface area contributed by atoms with E-state index in [0.717, 1.165) is 29.2 Å². The Morgan fingerprint density at radius 3 is 2.74 bits per heavy atom. The van der Waals surface area contributed by atoms with Crippen molar-refractivity contribution in [2.45, 2.75) is 38.5 Å². The van der Waals surface area contributed by atoms with E-state index in [-0.39, 0.29) is 11.8 Å². The standard InChI is InChI=1S/C16H17N5O2/c1-10-9-13(22)21(16(10)23)19-15-12-7-4-8-20(12)18-14(17-15)11-5-2-3-6-11/h4,7-9,11H,2-3,5-6H2,1H3,(H,17,18,19). The van der Waals surface area contributed by atoms with Crippen LogP contribution in [0.4, 0.5) is 5.82 Å². The first-order valence-corrected chi connectivity index (χ1v) is 7.82. The van der Waals surface area contributed by atoms with Crippen molar-refractivity contribution in [3.8, 4) is 0 Å². The van der Waals surface area contributed by atoms with Gasteiger partial charge in [0.1, 0.15) is 5.52 Å². The third-order valence-electron chi connectivity index (χ3n) is 4.45. The highest BCUT2D eigenvalue weighted by molar-refractivity contribution is 6.16. The molecule has 0 saturated heterocycles. The predicted octanol–water partition coefficient (Wildman–Crippen LogP) is 2.03. The summed E-state index contributed by atoms with van der Waals surface area (Å²) in [4.78, 5) is 28.6. The van der Waals surface area contributed by atoms with Gasteiger partial charge in [-0.3, -0.25) is 15.0 Å². The molecule has 7 heteroatoms. The summed E-state index contributed by atoms with van der Waals surface area (Å²) >= 11 is 0. The van der Waals surface area contributed by atoms with Gasteiger partial charge in [0.25, 0.3) is 11.8 Å². The molecular formula is C16H17N5O2. The molecule has 0 aromatic carbocycles. The van der Waals surface area contributed by atoms with Crippen LogP contribution in [0.5, 0.6) is 0 Å². The van der Waals surface area contributed by atoms with Gasteiger partial charge in [0.15, 0.2) is 11.6 Å². The summed E-state index contributed by atoms with van der Waals surface area (Å²) in [5.41, 5.74) is 4.02. The van der Waals surface area contributed by atoms with Crippen molar-refractivity contribution in [3.63, 3.8) is 0 Å². The van der Waals surface area contributed by atoms with Gasteiger partial charge in [0, 0.05) is 23.8 Å². The number of hydrogen-bond donors (Lipinski definition) is 1. The highest BCUT2D eigenvalue weighted by Crippen LogP contribution is 2.33. The van der Waals surface area contributed by atoms with Crippen LogP contribution in [0.25, 0.3) is 5.52 Å². The molecule has 0 bridgehead atoms. The molecule has 0 radical (unpaired) electrons. The monoisotopic (exact) mass is 311 g/mol. The van der Waals surface area contributed by atoms with E-state index in [1.807, 2.05) is 18.3 Å². The number of imide groups is 1. The molecule has 1 saturated carbocycles. The molecule has 0 atom stereocenters. The fourth-order valence-corrected chi connectivity index (χ4v) is 3.19. The maximum absolute atomic E-state index is 12.1. The lowest BCUT2D eigenvalue weighted by molar-refractivity contribution is -0.135. The van der Waals surface area contributed by atoms with Crippen LogP contribution in [0.3, 0.4) is 0 Å². The number of amides is 2. The number of hydrogen-bond acceptors (Lipinski definition) is 5. The van der Waals surface area contributed by atoms with Gasteiger partial charge in [-0.2, -0.15) is 10.1 Å². The zero-order valence-electron chi connectivity index (χ0n) is 12.8. The van der Waals surface area contributed by atoms with Crippen LogP contribution in [0, 0.1) is 0 Å². The van der Waals surface area contributed by atoms with E-state index in [1.54, 1.807) is 11.4 Å². The number of carbonyl (C=O) groups is 2. The number of carbonyl (C=O) groups excluding carboxylic acids is 2. The van der Waals surface area contributed by atoms with Gasteiger partial charge >= 0.3 is 0 Å². The normalized spacial score (nSPS) is 19.0. The summed E-state index contributed by atoms with van der Waals surface area (Å²) in [6.07, 6.45) is 7.70. The van der Waals surface area contributed by atoms with Crippen molar-refractivity contribution in [2.75, 3.05) is 5.43 Å². The fourth-order valence-electron chi connectivity index (χ4n) is 3.19. The van der Waals surface area contributed by atoms with Gasteiger partial charge < -0.3 is 0 Å². The highest BCUT2D eigenvalue weighted by Gasteiger charge is 2.30. The zero-order chi connectivity index (χ0) is 16.0. The first-order chi connectivity index (χ1) is 11.1. The summed E-state index contributed by atoms with van der Waals surface area (Å²) in [6.45, 7) is 1.62. The molecule has 1 fully saturated rings. The van der Waals surface area contributed by atoms with Crippen LogP contribution in [0.2, 0.25) is 0 Å². The summed E-state index contributed by atoms with van der Waals surface area (Å²) in [7, 11) is 0. The Morgan fingerprint density at radius 2 is 2.04 bits per heavy atom. The molecule has 3 heterocycles. The Kier molecular flexibility index (Phi) is 3.14. The number of rotatable bonds is 3. The van der Waals surface area contributed by atoms with Crippen LogP contribution in [0.15, 0.2) is 30.0 Å². The van der Waals surface area contributed by atoms with Crippen LogP contribution >= 0.6 is 0 Å². The Labute approximate surface area is 133 Å². The van der Waals surface area contributed by atoms with Crippen LogP contribution < -0.4 is 5.43 Å². The second-order valence-corrected chi connectivity index (χ2v) is 6.06. The first kappa shape index (κ1) is 13.9. The van der Waals surface area contributed by atoms with Gasteiger partial charge in [0.2, 0.25) is 0 Å². The lowest BCUT2D eigenvalue weighted by Crippen LogP contribution is -2.37. The van der Waals surface area contributed by atoms with Gasteiger partial charge in [-0.25, -0.2) is 9.50 Å². The highest BCUT2D eigenvalue weighted by atomic mass is 16.2. The van der Waals surface area contributed by atoms with Gasteiger partial charge in [-0.1, -0.05) is 12.8 Å². The number of aromatic nitrogens is 3. The van der Waals surface area contributed by atoms with E-state index < -0.39 is 0 Å². The van der Waals surface area contributed by atoms with Crippen molar-refractivity contribution in [1.29, 1.82) is 0 Å². The molecule has 1 aliphatic heterocycles. The second kappa shape index (κ2) is 5.19. The minimum atomic E-state index is -0.377. The largest absolute Gasteiger partial charge is 0.275 e. The number of nitrogens with zero attached hydrogens (tertiary/aromatic N) is 4. The lowest BCUT2D eigenvalue weighted by Gasteiger charge is -2.18. The summed E-state index contributed by atoms with van der Waals surface area (Å²) < 4.78 is 1.74. The molecule has 2 aliphatic rings.